The summed E-state index contributed by atoms with van der Waals surface area (Å²) in [6.45, 7) is 0. The largest absolute Gasteiger partial charge is 0.271 e. The molecule has 0 aliphatic heterocycles. The third-order valence-corrected chi connectivity index (χ3v) is 5.93. The zero-order valence-corrected chi connectivity index (χ0v) is 13.7. The van der Waals surface area contributed by atoms with Crippen molar-refractivity contribution in [1.29, 1.82) is 0 Å². The predicted octanol–water partition coefficient (Wildman–Crippen LogP) is 4.56. The standard InChI is InChI=1S/C20H20N2S/c21-22-18(14-7-2-1-3-8-14)13-15-9-6-11-17-16-10-4-5-12-19(16)23-20(15)17/h1-7,9-12,14,18,22H,8,13,21H2/t14?,18-/m1/s1. The van der Waals surface area contributed by atoms with Gasteiger partial charge in [0.25, 0.3) is 0 Å². The lowest BCUT2D eigenvalue weighted by Gasteiger charge is -2.24. The number of hydrogen-bond donors (Lipinski definition) is 2. The van der Waals surface area contributed by atoms with Crippen LogP contribution in [0.3, 0.4) is 0 Å². The molecule has 1 aliphatic rings. The van der Waals surface area contributed by atoms with E-state index in [2.05, 4.69) is 72.2 Å². The molecule has 1 heterocycles. The van der Waals surface area contributed by atoms with E-state index in [0.717, 1.165) is 12.8 Å². The molecule has 0 saturated heterocycles. The maximum atomic E-state index is 5.87. The van der Waals surface area contributed by atoms with Crippen molar-refractivity contribution >= 4 is 31.5 Å². The zero-order chi connectivity index (χ0) is 15.6. The summed E-state index contributed by atoms with van der Waals surface area (Å²) in [4.78, 5) is 0. The van der Waals surface area contributed by atoms with Crippen LogP contribution in [0, 0.1) is 5.92 Å². The van der Waals surface area contributed by atoms with Gasteiger partial charge in [-0.25, -0.2) is 0 Å². The number of nitrogens with one attached hydrogen (secondary N) is 1. The number of nitrogens with two attached hydrogens (primary N) is 1. The molecule has 3 N–H and O–H groups in total. The summed E-state index contributed by atoms with van der Waals surface area (Å²) < 4.78 is 2.75. The summed E-state index contributed by atoms with van der Waals surface area (Å²) in [7, 11) is 0. The van der Waals surface area contributed by atoms with Crippen molar-refractivity contribution in [2.75, 3.05) is 0 Å². The Kier molecular flexibility index (Phi) is 4.00. The van der Waals surface area contributed by atoms with Crippen LogP contribution in [0.2, 0.25) is 0 Å². The fourth-order valence-corrected chi connectivity index (χ4v) is 4.66. The van der Waals surface area contributed by atoms with Crippen LogP contribution in [0.1, 0.15) is 12.0 Å². The first-order valence-electron chi connectivity index (χ1n) is 8.05. The van der Waals surface area contributed by atoms with Crippen LogP contribution in [0.15, 0.2) is 66.8 Å². The number of benzene rings is 2. The summed E-state index contributed by atoms with van der Waals surface area (Å²) in [6.07, 6.45) is 10.7. The Balaban J connectivity index is 1.73. The van der Waals surface area contributed by atoms with E-state index in [4.69, 9.17) is 5.84 Å². The van der Waals surface area contributed by atoms with E-state index in [0.29, 0.717) is 5.92 Å². The van der Waals surface area contributed by atoms with E-state index in [1.807, 2.05) is 11.3 Å². The molecule has 116 valence electrons. The average Bonchev–Trinajstić information content (AvgIpc) is 3.00. The number of thiophene rings is 1. The summed E-state index contributed by atoms with van der Waals surface area (Å²) >= 11 is 1.89. The predicted molar refractivity (Wildman–Crippen MR) is 101 cm³/mol. The number of hydrogen-bond acceptors (Lipinski definition) is 3. The molecular formula is C20H20N2S. The van der Waals surface area contributed by atoms with Crippen molar-refractivity contribution in [2.45, 2.75) is 18.9 Å². The highest BCUT2D eigenvalue weighted by molar-refractivity contribution is 7.26. The lowest BCUT2D eigenvalue weighted by atomic mass is 9.88. The average molecular weight is 320 g/mol. The minimum atomic E-state index is 0.256. The summed E-state index contributed by atoms with van der Waals surface area (Å²) in [5.41, 5.74) is 4.42. The van der Waals surface area contributed by atoms with E-state index in [9.17, 15) is 0 Å². The molecule has 0 fully saturated rings. The summed E-state index contributed by atoms with van der Waals surface area (Å²) in [5, 5.41) is 2.71. The molecule has 2 aromatic carbocycles. The maximum absolute atomic E-state index is 5.87. The molecule has 1 unspecified atom stereocenters. The maximum Gasteiger partial charge on any atom is 0.0388 e. The third-order valence-electron chi connectivity index (χ3n) is 4.67. The van der Waals surface area contributed by atoms with E-state index >= 15 is 0 Å². The molecule has 0 saturated carbocycles. The Morgan fingerprint density at radius 3 is 2.78 bits per heavy atom. The second kappa shape index (κ2) is 6.28. The van der Waals surface area contributed by atoms with Gasteiger partial charge in [-0.3, -0.25) is 11.3 Å². The zero-order valence-electron chi connectivity index (χ0n) is 12.9. The molecule has 3 aromatic rings. The molecule has 0 radical (unpaired) electrons. The van der Waals surface area contributed by atoms with Crippen LogP contribution in [-0.4, -0.2) is 6.04 Å². The number of rotatable bonds is 4. The van der Waals surface area contributed by atoms with Gasteiger partial charge in [0.1, 0.15) is 0 Å². The number of hydrazine groups is 1. The smallest absolute Gasteiger partial charge is 0.0388 e. The van der Waals surface area contributed by atoms with Gasteiger partial charge in [0.15, 0.2) is 0 Å². The van der Waals surface area contributed by atoms with E-state index in [1.165, 1.54) is 25.7 Å². The van der Waals surface area contributed by atoms with Crippen LogP contribution in [0.4, 0.5) is 0 Å². The minimum absolute atomic E-state index is 0.256. The first kappa shape index (κ1) is 14.6. The Morgan fingerprint density at radius 1 is 1.09 bits per heavy atom. The van der Waals surface area contributed by atoms with E-state index in [1.54, 1.807) is 0 Å². The second-order valence-corrected chi connectivity index (χ2v) is 7.13. The van der Waals surface area contributed by atoms with Gasteiger partial charge < -0.3 is 0 Å². The van der Waals surface area contributed by atoms with Crippen molar-refractivity contribution in [3.05, 3.63) is 72.3 Å². The minimum Gasteiger partial charge on any atom is -0.271 e. The number of fused-ring (bicyclic) bond motifs is 3. The molecule has 3 heteroatoms. The monoisotopic (exact) mass is 320 g/mol. The fourth-order valence-electron chi connectivity index (χ4n) is 3.44. The molecule has 1 aromatic heterocycles. The topological polar surface area (TPSA) is 38.0 Å². The third kappa shape index (κ3) is 2.72. The first-order valence-corrected chi connectivity index (χ1v) is 8.87. The van der Waals surface area contributed by atoms with Crippen LogP contribution in [0.5, 0.6) is 0 Å². The summed E-state index contributed by atoms with van der Waals surface area (Å²) in [5.74, 6) is 6.32. The normalized spacial score (nSPS) is 18.7. The van der Waals surface area contributed by atoms with Crippen molar-refractivity contribution in [1.82, 2.24) is 5.43 Å². The summed E-state index contributed by atoms with van der Waals surface area (Å²) in [6, 6.07) is 15.5. The van der Waals surface area contributed by atoms with Crippen molar-refractivity contribution in [2.24, 2.45) is 11.8 Å². The van der Waals surface area contributed by atoms with Crippen LogP contribution in [0.25, 0.3) is 20.2 Å². The van der Waals surface area contributed by atoms with Crippen molar-refractivity contribution in [3.8, 4) is 0 Å². The van der Waals surface area contributed by atoms with E-state index in [-0.39, 0.29) is 6.04 Å². The van der Waals surface area contributed by atoms with Crippen LogP contribution < -0.4 is 11.3 Å². The van der Waals surface area contributed by atoms with Crippen molar-refractivity contribution < 1.29 is 0 Å². The van der Waals surface area contributed by atoms with Gasteiger partial charge in [0, 0.05) is 26.2 Å². The molecule has 0 bridgehead atoms. The quantitative estimate of drug-likeness (QED) is 0.546. The molecule has 2 nitrogen and oxygen atoms in total. The van der Waals surface area contributed by atoms with Gasteiger partial charge in [0.2, 0.25) is 0 Å². The number of allylic oxidation sites excluding steroid dienone is 3. The Labute approximate surface area is 140 Å². The highest BCUT2D eigenvalue weighted by Crippen LogP contribution is 2.36. The Morgan fingerprint density at radius 2 is 1.96 bits per heavy atom. The van der Waals surface area contributed by atoms with Gasteiger partial charge in [0.05, 0.1) is 0 Å². The highest BCUT2D eigenvalue weighted by atomic mass is 32.1. The van der Waals surface area contributed by atoms with Gasteiger partial charge in [-0.2, -0.15) is 0 Å². The highest BCUT2D eigenvalue weighted by Gasteiger charge is 2.20. The Hall–Kier alpha value is -1.94. The molecule has 4 rings (SSSR count). The van der Waals surface area contributed by atoms with Gasteiger partial charge in [-0.1, -0.05) is 60.7 Å². The molecule has 23 heavy (non-hydrogen) atoms. The van der Waals surface area contributed by atoms with E-state index < -0.39 is 0 Å². The second-order valence-electron chi connectivity index (χ2n) is 6.08. The van der Waals surface area contributed by atoms with Gasteiger partial charge in [-0.15, -0.1) is 11.3 Å². The fraction of sp³-hybridized carbons (Fsp3) is 0.200. The molecular weight excluding hydrogens is 300 g/mol. The van der Waals surface area contributed by atoms with Gasteiger partial charge >= 0.3 is 0 Å². The Bertz CT molecular complexity index is 891. The SMILES string of the molecule is NN[C@H](Cc1cccc2c1sc1ccccc12)C1C=CC=CC1. The molecule has 1 aliphatic carbocycles. The molecule has 0 spiro atoms. The molecule has 0 amide bonds. The lowest BCUT2D eigenvalue weighted by molar-refractivity contribution is 0.414. The van der Waals surface area contributed by atoms with Crippen molar-refractivity contribution in [3.63, 3.8) is 0 Å². The molecule has 2 atom stereocenters. The lowest BCUT2D eigenvalue weighted by Crippen LogP contribution is -2.42. The first-order chi connectivity index (χ1) is 11.4. The van der Waals surface area contributed by atoms with Crippen LogP contribution >= 0.6 is 11.3 Å². The van der Waals surface area contributed by atoms with Gasteiger partial charge in [-0.05, 0) is 30.4 Å². The van der Waals surface area contributed by atoms with Crippen LogP contribution in [-0.2, 0) is 6.42 Å².